The van der Waals surface area contributed by atoms with Gasteiger partial charge in [-0.2, -0.15) is 0 Å². The molecule has 0 amide bonds. The molecule has 0 radical (unpaired) electrons. The highest BCUT2D eigenvalue weighted by Crippen LogP contribution is 2.45. The third-order valence-electron chi connectivity index (χ3n) is 3.01. The fraction of sp³-hybridized carbons (Fsp3) is 0.571. The van der Waals surface area contributed by atoms with Gasteiger partial charge in [-0.1, -0.05) is 20.8 Å². The van der Waals surface area contributed by atoms with Crippen molar-refractivity contribution in [3.05, 3.63) is 24.3 Å². The van der Waals surface area contributed by atoms with Crippen LogP contribution in [0.3, 0.4) is 0 Å². The molecule has 3 heteroatoms. The van der Waals surface area contributed by atoms with Gasteiger partial charge in [0.05, 0.1) is 7.11 Å². The van der Waals surface area contributed by atoms with E-state index >= 15 is 0 Å². The Labute approximate surface area is 107 Å². The van der Waals surface area contributed by atoms with Crippen LogP contribution >= 0.6 is 7.92 Å². The molecular weight excluding hydrogens is 229 g/mol. The molecule has 1 unspecified atom stereocenters. The van der Waals surface area contributed by atoms with Gasteiger partial charge in [-0.15, -0.1) is 7.92 Å². The number of methoxy groups -OCH3 is 1. The fourth-order valence-corrected chi connectivity index (χ4v) is 2.53. The molecule has 1 N–H and O–H groups in total. The van der Waals surface area contributed by atoms with Crippen LogP contribution in [0.5, 0.6) is 5.75 Å². The van der Waals surface area contributed by atoms with Crippen molar-refractivity contribution >= 4 is 13.6 Å². The SMILES string of the molecule is COc1ccc(NCCP(C)C(C)(C)C)cc1. The van der Waals surface area contributed by atoms with Gasteiger partial charge in [0, 0.05) is 12.2 Å². The lowest BCUT2D eigenvalue weighted by molar-refractivity contribution is 0.415. The van der Waals surface area contributed by atoms with E-state index in [0.717, 1.165) is 12.3 Å². The fourth-order valence-electron chi connectivity index (χ4n) is 1.41. The van der Waals surface area contributed by atoms with Crippen LogP contribution in [0, 0.1) is 0 Å². The summed E-state index contributed by atoms with van der Waals surface area (Å²) in [4.78, 5) is 0. The first kappa shape index (κ1) is 14.3. The molecule has 0 aromatic heterocycles. The van der Waals surface area contributed by atoms with Crippen molar-refractivity contribution in [1.82, 2.24) is 0 Å². The monoisotopic (exact) mass is 253 g/mol. The zero-order chi connectivity index (χ0) is 12.9. The highest BCUT2D eigenvalue weighted by atomic mass is 31.1. The number of ether oxygens (including phenoxy) is 1. The Hall–Kier alpha value is -0.750. The second-order valence-corrected chi connectivity index (χ2v) is 8.43. The Balaban J connectivity index is 2.35. The predicted octanol–water partition coefficient (Wildman–Crippen LogP) is 4.02. The van der Waals surface area contributed by atoms with Crippen molar-refractivity contribution in [2.45, 2.75) is 25.9 Å². The van der Waals surface area contributed by atoms with E-state index in [1.165, 1.54) is 11.8 Å². The molecule has 0 heterocycles. The molecule has 0 saturated carbocycles. The topological polar surface area (TPSA) is 21.3 Å². The molecule has 0 bridgehead atoms. The Kier molecular flexibility index (Phi) is 5.27. The van der Waals surface area contributed by atoms with Crippen LogP contribution in [0.2, 0.25) is 0 Å². The van der Waals surface area contributed by atoms with Gasteiger partial charge < -0.3 is 10.1 Å². The zero-order valence-corrected chi connectivity index (χ0v) is 12.5. The summed E-state index contributed by atoms with van der Waals surface area (Å²) in [5.41, 5.74) is 1.17. The quantitative estimate of drug-likeness (QED) is 0.800. The van der Waals surface area contributed by atoms with E-state index in [-0.39, 0.29) is 7.92 Å². The molecule has 1 aromatic rings. The first-order valence-corrected chi connectivity index (χ1v) is 8.00. The van der Waals surface area contributed by atoms with Crippen molar-refractivity contribution in [2.24, 2.45) is 0 Å². The van der Waals surface area contributed by atoms with E-state index in [4.69, 9.17) is 4.74 Å². The van der Waals surface area contributed by atoms with Gasteiger partial charge in [-0.05, 0) is 42.2 Å². The summed E-state index contributed by atoms with van der Waals surface area (Å²) in [6.07, 6.45) is 1.25. The molecule has 0 aliphatic rings. The minimum atomic E-state index is 0.0856. The minimum Gasteiger partial charge on any atom is -0.497 e. The molecule has 0 spiro atoms. The lowest BCUT2D eigenvalue weighted by Gasteiger charge is -2.28. The van der Waals surface area contributed by atoms with Crippen LogP contribution in [-0.2, 0) is 0 Å². The second kappa shape index (κ2) is 6.26. The van der Waals surface area contributed by atoms with Crippen molar-refractivity contribution in [1.29, 1.82) is 0 Å². The summed E-state index contributed by atoms with van der Waals surface area (Å²) in [7, 11) is 1.78. The van der Waals surface area contributed by atoms with E-state index < -0.39 is 0 Å². The van der Waals surface area contributed by atoms with Crippen molar-refractivity contribution in [2.75, 3.05) is 31.8 Å². The lowest BCUT2D eigenvalue weighted by atomic mass is 10.3. The number of hydrogen-bond donors (Lipinski definition) is 1. The first-order valence-electron chi connectivity index (χ1n) is 6.02. The van der Waals surface area contributed by atoms with Gasteiger partial charge >= 0.3 is 0 Å². The van der Waals surface area contributed by atoms with Gasteiger partial charge in [0.1, 0.15) is 5.75 Å². The molecule has 0 aliphatic heterocycles. The van der Waals surface area contributed by atoms with Crippen LogP contribution in [0.4, 0.5) is 5.69 Å². The molecule has 96 valence electrons. The molecular formula is C14H24NOP. The lowest BCUT2D eigenvalue weighted by Crippen LogP contribution is -2.16. The first-order chi connectivity index (χ1) is 7.93. The van der Waals surface area contributed by atoms with Crippen molar-refractivity contribution in [3.8, 4) is 5.75 Å². The van der Waals surface area contributed by atoms with Gasteiger partial charge in [0.2, 0.25) is 0 Å². The number of rotatable bonds is 5. The Morgan fingerprint density at radius 2 is 1.76 bits per heavy atom. The summed E-state index contributed by atoms with van der Waals surface area (Å²) in [5, 5.41) is 3.91. The Morgan fingerprint density at radius 3 is 2.24 bits per heavy atom. The molecule has 2 nitrogen and oxygen atoms in total. The van der Waals surface area contributed by atoms with Crippen molar-refractivity contribution < 1.29 is 4.74 Å². The van der Waals surface area contributed by atoms with E-state index in [0.29, 0.717) is 5.16 Å². The minimum absolute atomic E-state index is 0.0856. The molecule has 1 aromatic carbocycles. The van der Waals surface area contributed by atoms with Crippen LogP contribution < -0.4 is 10.1 Å². The van der Waals surface area contributed by atoms with Crippen LogP contribution in [-0.4, -0.2) is 31.6 Å². The summed E-state index contributed by atoms with van der Waals surface area (Å²) >= 11 is 0. The smallest absolute Gasteiger partial charge is 0.119 e. The predicted molar refractivity (Wildman–Crippen MR) is 78.9 cm³/mol. The van der Waals surface area contributed by atoms with E-state index in [2.05, 4.69) is 44.9 Å². The van der Waals surface area contributed by atoms with E-state index in [1.807, 2.05) is 12.1 Å². The third kappa shape index (κ3) is 4.95. The van der Waals surface area contributed by atoms with Crippen molar-refractivity contribution in [3.63, 3.8) is 0 Å². The van der Waals surface area contributed by atoms with E-state index in [9.17, 15) is 0 Å². The van der Waals surface area contributed by atoms with Crippen LogP contribution in [0.1, 0.15) is 20.8 Å². The zero-order valence-electron chi connectivity index (χ0n) is 11.6. The molecule has 0 aliphatic carbocycles. The normalized spacial score (nSPS) is 13.2. The number of nitrogens with one attached hydrogen (secondary N) is 1. The maximum absolute atomic E-state index is 5.13. The van der Waals surface area contributed by atoms with Gasteiger partial charge in [0.25, 0.3) is 0 Å². The molecule has 1 rings (SSSR count). The average Bonchev–Trinajstić information content (AvgIpc) is 2.28. The average molecular weight is 253 g/mol. The van der Waals surface area contributed by atoms with Gasteiger partial charge in [0.15, 0.2) is 0 Å². The summed E-state index contributed by atoms with van der Waals surface area (Å²) in [6, 6.07) is 8.10. The summed E-state index contributed by atoms with van der Waals surface area (Å²) < 4.78 is 5.13. The Bertz CT molecular complexity index is 329. The molecule has 17 heavy (non-hydrogen) atoms. The third-order valence-corrected chi connectivity index (χ3v) is 6.20. The van der Waals surface area contributed by atoms with E-state index in [1.54, 1.807) is 7.11 Å². The standard InChI is InChI=1S/C14H24NOP/c1-14(2,3)17(5)11-10-15-12-6-8-13(16-4)9-7-12/h6-9,15H,10-11H2,1-5H3. The highest BCUT2D eigenvalue weighted by molar-refractivity contribution is 7.58. The Morgan fingerprint density at radius 1 is 1.18 bits per heavy atom. The second-order valence-electron chi connectivity index (χ2n) is 5.25. The molecule has 0 fully saturated rings. The van der Waals surface area contributed by atoms with Crippen LogP contribution in [0.25, 0.3) is 0 Å². The number of hydrogen-bond acceptors (Lipinski definition) is 2. The van der Waals surface area contributed by atoms with Crippen LogP contribution in [0.15, 0.2) is 24.3 Å². The maximum Gasteiger partial charge on any atom is 0.119 e. The van der Waals surface area contributed by atoms with Gasteiger partial charge in [-0.25, -0.2) is 0 Å². The highest BCUT2D eigenvalue weighted by Gasteiger charge is 2.18. The number of anilines is 1. The number of benzene rings is 1. The summed E-state index contributed by atoms with van der Waals surface area (Å²) in [6.45, 7) is 10.4. The molecule has 1 atom stereocenters. The maximum atomic E-state index is 5.13. The van der Waals surface area contributed by atoms with Gasteiger partial charge in [-0.3, -0.25) is 0 Å². The molecule has 0 saturated heterocycles. The largest absolute Gasteiger partial charge is 0.497 e. The summed E-state index contributed by atoms with van der Waals surface area (Å²) in [5.74, 6) is 0.906.